The van der Waals surface area contributed by atoms with Gasteiger partial charge in [-0.25, -0.2) is 0 Å². The van der Waals surface area contributed by atoms with Crippen molar-refractivity contribution in [3.63, 3.8) is 0 Å². The number of amides is 1. The number of rotatable bonds is 7. The summed E-state index contributed by atoms with van der Waals surface area (Å²) >= 11 is 3.40. The lowest BCUT2D eigenvalue weighted by atomic mass is 9.77. The van der Waals surface area contributed by atoms with Crippen molar-refractivity contribution < 1.29 is 9.53 Å². The highest BCUT2D eigenvalue weighted by Gasteiger charge is 2.39. The highest BCUT2D eigenvalue weighted by molar-refractivity contribution is 9.09. The smallest absolute Gasteiger partial charge is 0.223 e. The molecule has 1 atom stereocenters. The number of nitrogens with one attached hydrogen (secondary N) is 1. The molecule has 1 unspecified atom stereocenters. The Hall–Kier alpha value is -0.0900. The first kappa shape index (κ1) is 14.0. The quantitative estimate of drug-likeness (QED) is 0.733. The monoisotopic (exact) mass is 291 g/mol. The molecule has 1 amide bonds. The van der Waals surface area contributed by atoms with E-state index in [0.29, 0.717) is 12.5 Å². The highest BCUT2D eigenvalue weighted by Crippen LogP contribution is 2.37. The van der Waals surface area contributed by atoms with Crippen LogP contribution in [-0.4, -0.2) is 30.0 Å². The molecule has 94 valence electrons. The van der Waals surface area contributed by atoms with Gasteiger partial charge in [0.2, 0.25) is 5.91 Å². The first-order valence-corrected chi connectivity index (χ1v) is 7.18. The molecule has 4 heteroatoms. The maximum Gasteiger partial charge on any atom is 0.223 e. The zero-order valence-corrected chi connectivity index (χ0v) is 11.8. The minimum Gasteiger partial charge on any atom is -0.378 e. The van der Waals surface area contributed by atoms with Crippen molar-refractivity contribution in [2.45, 2.75) is 57.1 Å². The van der Waals surface area contributed by atoms with Gasteiger partial charge in [0, 0.05) is 18.5 Å². The number of alkyl halides is 1. The Morgan fingerprint density at radius 1 is 1.56 bits per heavy atom. The molecule has 0 aromatic carbocycles. The number of ether oxygens (including phenoxy) is 1. The van der Waals surface area contributed by atoms with Gasteiger partial charge in [-0.2, -0.15) is 0 Å². The van der Waals surface area contributed by atoms with Crippen molar-refractivity contribution in [2.75, 3.05) is 12.4 Å². The second kappa shape index (κ2) is 6.60. The predicted octanol–water partition coefficient (Wildman–Crippen LogP) is 2.63. The van der Waals surface area contributed by atoms with Gasteiger partial charge in [-0.05, 0) is 32.1 Å². The van der Waals surface area contributed by atoms with E-state index in [1.54, 1.807) is 7.11 Å². The summed E-state index contributed by atoms with van der Waals surface area (Å²) in [6, 6.07) is 0.292. The minimum atomic E-state index is -0.156. The fraction of sp³-hybridized carbons (Fsp3) is 0.917. The van der Waals surface area contributed by atoms with Crippen LogP contribution in [0.1, 0.15) is 45.4 Å². The van der Waals surface area contributed by atoms with Gasteiger partial charge in [-0.1, -0.05) is 22.9 Å². The molecule has 1 saturated carbocycles. The molecule has 0 radical (unpaired) electrons. The van der Waals surface area contributed by atoms with E-state index in [4.69, 9.17) is 4.74 Å². The van der Waals surface area contributed by atoms with Crippen LogP contribution in [0.2, 0.25) is 0 Å². The van der Waals surface area contributed by atoms with Crippen LogP contribution in [0.3, 0.4) is 0 Å². The van der Waals surface area contributed by atoms with E-state index in [2.05, 4.69) is 28.2 Å². The molecule has 1 fully saturated rings. The first-order chi connectivity index (χ1) is 7.65. The van der Waals surface area contributed by atoms with E-state index in [0.717, 1.165) is 31.0 Å². The van der Waals surface area contributed by atoms with Crippen molar-refractivity contribution in [2.24, 2.45) is 0 Å². The SMILES string of the molecule is CCC(CCBr)NC(=O)CC1(OC)CCC1. The van der Waals surface area contributed by atoms with Crippen molar-refractivity contribution in [3.8, 4) is 0 Å². The largest absolute Gasteiger partial charge is 0.378 e. The Morgan fingerprint density at radius 2 is 2.25 bits per heavy atom. The van der Waals surface area contributed by atoms with E-state index in [-0.39, 0.29) is 11.5 Å². The van der Waals surface area contributed by atoms with Crippen LogP contribution in [0.25, 0.3) is 0 Å². The van der Waals surface area contributed by atoms with Crippen LogP contribution in [-0.2, 0) is 9.53 Å². The molecule has 3 nitrogen and oxygen atoms in total. The lowest BCUT2D eigenvalue weighted by Gasteiger charge is -2.40. The lowest BCUT2D eigenvalue weighted by molar-refractivity contribution is -0.134. The number of carbonyl (C=O) groups excluding carboxylic acids is 1. The third kappa shape index (κ3) is 3.74. The molecule has 0 spiro atoms. The summed E-state index contributed by atoms with van der Waals surface area (Å²) in [7, 11) is 1.71. The number of carbonyl (C=O) groups is 1. The molecule has 1 rings (SSSR count). The van der Waals surface area contributed by atoms with Crippen LogP contribution >= 0.6 is 15.9 Å². The van der Waals surface area contributed by atoms with Crippen molar-refractivity contribution in [1.82, 2.24) is 5.32 Å². The Bertz CT molecular complexity index is 224. The van der Waals surface area contributed by atoms with Crippen LogP contribution < -0.4 is 5.32 Å². The summed E-state index contributed by atoms with van der Waals surface area (Å²) in [5.74, 6) is 0.134. The van der Waals surface area contributed by atoms with E-state index in [1.807, 2.05) is 0 Å². The average Bonchev–Trinajstić information content (AvgIpc) is 2.23. The molecule has 16 heavy (non-hydrogen) atoms. The zero-order valence-electron chi connectivity index (χ0n) is 10.2. The topological polar surface area (TPSA) is 38.3 Å². The summed E-state index contributed by atoms with van der Waals surface area (Å²) in [6.07, 6.45) is 5.71. The summed E-state index contributed by atoms with van der Waals surface area (Å²) < 4.78 is 5.45. The Kier molecular flexibility index (Phi) is 5.76. The molecule has 0 heterocycles. The van der Waals surface area contributed by atoms with E-state index in [9.17, 15) is 4.79 Å². The lowest BCUT2D eigenvalue weighted by Crippen LogP contribution is -2.46. The number of hydrogen-bond donors (Lipinski definition) is 1. The molecular weight excluding hydrogens is 270 g/mol. The van der Waals surface area contributed by atoms with Crippen molar-refractivity contribution in [1.29, 1.82) is 0 Å². The van der Waals surface area contributed by atoms with E-state index >= 15 is 0 Å². The molecule has 0 aliphatic heterocycles. The Morgan fingerprint density at radius 3 is 2.62 bits per heavy atom. The molecule has 0 aromatic rings. The summed E-state index contributed by atoms with van der Waals surface area (Å²) in [5.41, 5.74) is -0.156. The predicted molar refractivity (Wildman–Crippen MR) is 68.8 cm³/mol. The number of hydrogen-bond acceptors (Lipinski definition) is 2. The van der Waals surface area contributed by atoms with E-state index in [1.165, 1.54) is 6.42 Å². The van der Waals surface area contributed by atoms with Gasteiger partial charge in [0.05, 0.1) is 12.0 Å². The molecule has 1 aliphatic rings. The van der Waals surface area contributed by atoms with E-state index < -0.39 is 0 Å². The molecule has 0 bridgehead atoms. The number of methoxy groups -OCH3 is 1. The van der Waals surface area contributed by atoms with Gasteiger partial charge in [0.1, 0.15) is 0 Å². The van der Waals surface area contributed by atoms with Gasteiger partial charge < -0.3 is 10.1 Å². The molecule has 0 aromatic heterocycles. The third-order valence-corrected chi connectivity index (χ3v) is 3.95. The first-order valence-electron chi connectivity index (χ1n) is 6.06. The molecule has 1 aliphatic carbocycles. The summed E-state index contributed by atoms with van der Waals surface area (Å²) in [5, 5.41) is 4.01. The van der Waals surface area contributed by atoms with Crippen LogP contribution in [0.15, 0.2) is 0 Å². The highest BCUT2D eigenvalue weighted by atomic mass is 79.9. The molecule has 0 saturated heterocycles. The van der Waals surface area contributed by atoms with Crippen LogP contribution in [0, 0.1) is 0 Å². The molecular formula is C12H22BrNO2. The Labute approximate surface area is 106 Å². The zero-order chi connectivity index (χ0) is 12.0. The van der Waals surface area contributed by atoms with Gasteiger partial charge in [-0.15, -0.1) is 0 Å². The average molecular weight is 292 g/mol. The van der Waals surface area contributed by atoms with Crippen LogP contribution in [0.5, 0.6) is 0 Å². The summed E-state index contributed by atoms with van der Waals surface area (Å²) in [6.45, 7) is 2.10. The summed E-state index contributed by atoms with van der Waals surface area (Å²) in [4.78, 5) is 11.8. The van der Waals surface area contributed by atoms with Gasteiger partial charge in [-0.3, -0.25) is 4.79 Å². The second-order valence-electron chi connectivity index (χ2n) is 4.57. The fourth-order valence-electron chi connectivity index (χ4n) is 2.11. The second-order valence-corrected chi connectivity index (χ2v) is 5.36. The van der Waals surface area contributed by atoms with Crippen LogP contribution in [0.4, 0.5) is 0 Å². The van der Waals surface area contributed by atoms with Gasteiger partial charge in [0.25, 0.3) is 0 Å². The fourth-order valence-corrected chi connectivity index (χ4v) is 2.66. The van der Waals surface area contributed by atoms with Gasteiger partial charge >= 0.3 is 0 Å². The normalized spacial score (nSPS) is 19.9. The van der Waals surface area contributed by atoms with Gasteiger partial charge in [0.15, 0.2) is 0 Å². The number of halogens is 1. The standard InChI is InChI=1S/C12H22BrNO2/c1-3-10(5-8-13)14-11(15)9-12(16-2)6-4-7-12/h10H,3-9H2,1-2H3,(H,14,15). The Balaban J connectivity index is 2.34. The molecule has 1 N–H and O–H groups in total. The van der Waals surface area contributed by atoms with Crippen molar-refractivity contribution >= 4 is 21.8 Å². The third-order valence-electron chi connectivity index (χ3n) is 3.50. The van der Waals surface area contributed by atoms with Crippen molar-refractivity contribution in [3.05, 3.63) is 0 Å². The maximum absolute atomic E-state index is 11.8. The minimum absolute atomic E-state index is 0.134. The maximum atomic E-state index is 11.8.